The molecule has 34 heavy (non-hydrogen) atoms. The van der Waals surface area contributed by atoms with Gasteiger partial charge in [0.15, 0.2) is 12.2 Å². The topological polar surface area (TPSA) is 115 Å². The maximum Gasteiger partial charge on any atom is 0.332 e. The quantitative estimate of drug-likeness (QED) is 0.105. The van der Waals surface area contributed by atoms with Crippen molar-refractivity contribution >= 4 is 11.9 Å². The molecule has 0 aromatic rings. The number of hydrogen-bond donors (Lipinski definition) is 4. The highest BCUT2D eigenvalue weighted by molar-refractivity contribution is 5.72. The van der Waals surface area contributed by atoms with E-state index in [-0.39, 0.29) is 0 Å². The number of carboxylic acids is 2. The maximum atomic E-state index is 10.3. The lowest BCUT2D eigenvalue weighted by Gasteiger charge is -2.05. The van der Waals surface area contributed by atoms with Crippen molar-refractivity contribution in [2.75, 3.05) is 0 Å². The van der Waals surface area contributed by atoms with Gasteiger partial charge in [-0.05, 0) is 12.8 Å². The third-order valence-electron chi connectivity index (χ3n) is 6.23. The van der Waals surface area contributed by atoms with Crippen molar-refractivity contribution in [2.45, 2.75) is 167 Å². The summed E-state index contributed by atoms with van der Waals surface area (Å²) in [6.07, 6.45) is 23.0. The number of carboxylic acid groups (broad SMARTS) is 2. The Kier molecular flexibility index (Phi) is 28.9. The van der Waals surface area contributed by atoms with Crippen molar-refractivity contribution in [3.63, 3.8) is 0 Å². The predicted octanol–water partition coefficient (Wildman–Crippen LogP) is 7.49. The van der Waals surface area contributed by atoms with Gasteiger partial charge in [-0.3, -0.25) is 0 Å². The largest absolute Gasteiger partial charge is 0.479 e. The normalized spacial score (nSPS) is 12.6. The van der Waals surface area contributed by atoms with Crippen molar-refractivity contribution in [1.82, 2.24) is 0 Å². The predicted molar refractivity (Wildman–Crippen MR) is 140 cm³/mol. The molecule has 2 unspecified atom stereocenters. The smallest absolute Gasteiger partial charge is 0.332 e. The molecule has 4 N–H and O–H groups in total. The van der Waals surface area contributed by atoms with Crippen LogP contribution in [-0.2, 0) is 9.59 Å². The molecule has 0 amide bonds. The second kappa shape index (κ2) is 28.1. The van der Waals surface area contributed by atoms with E-state index in [1.165, 1.54) is 103 Å². The first-order valence-corrected chi connectivity index (χ1v) is 14.2. The van der Waals surface area contributed by atoms with E-state index in [9.17, 15) is 9.59 Å². The third-order valence-corrected chi connectivity index (χ3v) is 6.23. The van der Waals surface area contributed by atoms with Gasteiger partial charge < -0.3 is 20.4 Å². The number of aliphatic hydroxyl groups excluding tert-OH is 2. The fraction of sp³-hybridized carbons (Fsp3) is 0.929. The molecule has 6 heteroatoms. The van der Waals surface area contributed by atoms with Crippen LogP contribution in [0.2, 0.25) is 0 Å². The molecule has 2 atom stereocenters. The number of hydrogen-bond acceptors (Lipinski definition) is 4. The lowest BCUT2D eigenvalue weighted by molar-refractivity contribution is -0.147. The molecule has 0 saturated heterocycles. The molecule has 6 nitrogen and oxygen atoms in total. The Bertz CT molecular complexity index is 401. The average Bonchev–Trinajstić information content (AvgIpc) is 2.81. The van der Waals surface area contributed by atoms with Crippen molar-refractivity contribution in [3.05, 3.63) is 0 Å². The molecule has 0 bridgehead atoms. The lowest BCUT2D eigenvalue weighted by atomic mass is 10.0. The number of carbonyl (C=O) groups is 2. The molecule has 0 aliphatic rings. The lowest BCUT2D eigenvalue weighted by Crippen LogP contribution is -2.18. The summed E-state index contributed by atoms with van der Waals surface area (Å²) >= 11 is 0. The second-order valence-electron chi connectivity index (χ2n) is 9.65. The first kappa shape index (κ1) is 35.0. The first-order chi connectivity index (χ1) is 16.4. The first-order valence-electron chi connectivity index (χ1n) is 14.2. The highest BCUT2D eigenvalue weighted by atomic mass is 16.4. The molecule has 0 aromatic heterocycles. The molecule has 0 saturated carbocycles. The Hall–Kier alpha value is -1.14. The Balaban J connectivity index is 0. The Morgan fingerprint density at radius 1 is 0.441 bits per heavy atom. The van der Waals surface area contributed by atoms with Gasteiger partial charge in [-0.1, -0.05) is 142 Å². The summed E-state index contributed by atoms with van der Waals surface area (Å²) in [5, 5.41) is 35.1. The van der Waals surface area contributed by atoms with Crippen LogP contribution in [0.5, 0.6) is 0 Å². The summed E-state index contributed by atoms with van der Waals surface area (Å²) < 4.78 is 0. The van der Waals surface area contributed by atoms with Gasteiger partial charge in [0.1, 0.15) is 0 Å². The Morgan fingerprint density at radius 2 is 0.647 bits per heavy atom. The van der Waals surface area contributed by atoms with Crippen LogP contribution >= 0.6 is 0 Å². The molecule has 0 aromatic carbocycles. The van der Waals surface area contributed by atoms with E-state index in [1.807, 2.05) is 0 Å². The van der Waals surface area contributed by atoms with E-state index in [4.69, 9.17) is 20.4 Å². The maximum absolute atomic E-state index is 10.3. The Labute approximate surface area is 209 Å². The number of aliphatic carboxylic acids is 2. The zero-order valence-corrected chi connectivity index (χ0v) is 22.3. The third kappa shape index (κ3) is 28.9. The van der Waals surface area contributed by atoms with Crippen molar-refractivity contribution in [1.29, 1.82) is 0 Å². The minimum Gasteiger partial charge on any atom is -0.479 e. The molecule has 0 heterocycles. The molecule has 0 aliphatic heterocycles. The van der Waals surface area contributed by atoms with Crippen LogP contribution in [0, 0.1) is 0 Å². The van der Waals surface area contributed by atoms with Gasteiger partial charge in [0.2, 0.25) is 0 Å². The zero-order valence-electron chi connectivity index (χ0n) is 22.3. The van der Waals surface area contributed by atoms with Gasteiger partial charge in [-0.2, -0.15) is 0 Å². The van der Waals surface area contributed by atoms with Gasteiger partial charge in [0, 0.05) is 0 Å². The zero-order chi connectivity index (χ0) is 25.9. The van der Waals surface area contributed by atoms with Crippen molar-refractivity contribution in [2.24, 2.45) is 0 Å². The van der Waals surface area contributed by atoms with Crippen LogP contribution in [0.25, 0.3) is 0 Å². The van der Waals surface area contributed by atoms with E-state index in [2.05, 4.69) is 13.8 Å². The molecule has 0 spiro atoms. The molecular formula is C28H56O6. The van der Waals surface area contributed by atoms with E-state index >= 15 is 0 Å². The van der Waals surface area contributed by atoms with Crippen LogP contribution in [0.1, 0.15) is 155 Å². The molecule has 0 rings (SSSR count). The van der Waals surface area contributed by atoms with Gasteiger partial charge in [0.25, 0.3) is 0 Å². The van der Waals surface area contributed by atoms with Gasteiger partial charge in [-0.25, -0.2) is 9.59 Å². The number of unbranched alkanes of at least 4 members (excludes halogenated alkanes) is 18. The molecule has 204 valence electrons. The average molecular weight is 489 g/mol. The van der Waals surface area contributed by atoms with Crippen LogP contribution in [0.15, 0.2) is 0 Å². The summed E-state index contributed by atoms with van der Waals surface area (Å²) in [5.74, 6) is -2.19. The van der Waals surface area contributed by atoms with Crippen LogP contribution in [0.3, 0.4) is 0 Å². The van der Waals surface area contributed by atoms with Gasteiger partial charge in [-0.15, -0.1) is 0 Å². The van der Waals surface area contributed by atoms with Crippen molar-refractivity contribution < 1.29 is 30.0 Å². The summed E-state index contributed by atoms with van der Waals surface area (Å²) in [6, 6.07) is 0. The van der Waals surface area contributed by atoms with E-state index in [0.717, 1.165) is 25.7 Å². The molecule has 0 aliphatic carbocycles. The molecule has 0 fully saturated rings. The van der Waals surface area contributed by atoms with Gasteiger partial charge >= 0.3 is 11.9 Å². The highest BCUT2D eigenvalue weighted by Gasteiger charge is 2.12. The van der Waals surface area contributed by atoms with Crippen LogP contribution in [-0.4, -0.2) is 44.6 Å². The summed E-state index contributed by atoms with van der Waals surface area (Å²) in [5.41, 5.74) is 0. The van der Waals surface area contributed by atoms with Crippen molar-refractivity contribution in [3.8, 4) is 0 Å². The Morgan fingerprint density at radius 3 is 0.853 bits per heavy atom. The SMILES string of the molecule is CCCCCCCCCCCCC(O)C(=O)O.CCCCCCCCCCCCC(O)C(=O)O. The fourth-order valence-corrected chi connectivity index (χ4v) is 3.90. The second-order valence-corrected chi connectivity index (χ2v) is 9.65. The van der Waals surface area contributed by atoms with Crippen LogP contribution in [0.4, 0.5) is 0 Å². The minimum absolute atomic E-state index is 0.395. The number of aliphatic hydroxyl groups is 2. The summed E-state index contributed by atoms with van der Waals surface area (Å²) in [4.78, 5) is 20.7. The van der Waals surface area contributed by atoms with Gasteiger partial charge in [0.05, 0.1) is 0 Å². The highest BCUT2D eigenvalue weighted by Crippen LogP contribution is 2.13. The summed E-state index contributed by atoms with van der Waals surface area (Å²) in [6.45, 7) is 4.46. The van der Waals surface area contributed by atoms with E-state index in [1.54, 1.807) is 0 Å². The molecule has 0 radical (unpaired) electrons. The van der Waals surface area contributed by atoms with Crippen LogP contribution < -0.4 is 0 Å². The monoisotopic (exact) mass is 488 g/mol. The van der Waals surface area contributed by atoms with E-state index < -0.39 is 24.1 Å². The number of rotatable bonds is 24. The standard InChI is InChI=1S/2C14H28O3/c2*1-2-3-4-5-6-7-8-9-10-11-12-13(15)14(16)17/h2*13,15H,2-12H2,1H3,(H,16,17). The summed E-state index contributed by atoms with van der Waals surface area (Å²) in [7, 11) is 0. The van der Waals surface area contributed by atoms with E-state index in [0.29, 0.717) is 12.8 Å². The minimum atomic E-state index is -1.16. The fourth-order valence-electron chi connectivity index (χ4n) is 3.90. The molecular weight excluding hydrogens is 432 g/mol.